The monoisotopic (exact) mass is 683 g/mol. The molecule has 0 saturated carbocycles. The van der Waals surface area contributed by atoms with Crippen molar-refractivity contribution < 1.29 is 0 Å². The van der Waals surface area contributed by atoms with Gasteiger partial charge in [-0.05, 0) is 51.2 Å². The normalized spacial score (nSPS) is 12.3. The summed E-state index contributed by atoms with van der Waals surface area (Å²) in [6.07, 6.45) is 0. The van der Waals surface area contributed by atoms with Crippen LogP contribution in [0.5, 0.6) is 0 Å². The second kappa shape index (κ2) is 10.2. The summed E-state index contributed by atoms with van der Waals surface area (Å²) in [5.41, 5.74) is 5.32. The molecule has 5 heteroatoms. The molecule has 0 bridgehead atoms. The molecule has 8 aromatic carbocycles. The lowest BCUT2D eigenvalue weighted by Crippen LogP contribution is -2.03. The van der Waals surface area contributed by atoms with E-state index in [1.807, 2.05) is 11.3 Å². The molecule has 4 heterocycles. The predicted molar refractivity (Wildman–Crippen MR) is 220 cm³/mol. The molecule has 51 heavy (non-hydrogen) atoms. The van der Waals surface area contributed by atoms with Crippen molar-refractivity contribution in [2.24, 2.45) is 0 Å². The summed E-state index contributed by atoms with van der Waals surface area (Å²) in [7, 11) is 0. The number of aromatic nitrogens is 3. The van der Waals surface area contributed by atoms with Crippen LogP contribution in [0.25, 0.3) is 112 Å². The fourth-order valence-corrected chi connectivity index (χ4v) is 10.8. The van der Waals surface area contributed by atoms with Crippen molar-refractivity contribution in [1.82, 2.24) is 14.5 Å². The Morgan fingerprint density at radius 1 is 0.431 bits per heavy atom. The quantitative estimate of drug-likeness (QED) is 0.170. The van der Waals surface area contributed by atoms with E-state index in [0.717, 1.165) is 37.9 Å². The molecule has 0 aliphatic carbocycles. The summed E-state index contributed by atoms with van der Waals surface area (Å²) >= 11 is 3.65. The van der Waals surface area contributed by atoms with E-state index < -0.39 is 0 Å². The van der Waals surface area contributed by atoms with Crippen LogP contribution in [-0.4, -0.2) is 14.5 Å². The molecule has 0 atom stereocenters. The molecule has 0 amide bonds. The molecular weight excluding hydrogens is 659 g/mol. The molecule has 0 unspecified atom stereocenters. The molecular formula is C46H25N3S2. The second-order valence-electron chi connectivity index (χ2n) is 13.3. The van der Waals surface area contributed by atoms with Crippen molar-refractivity contribution in [2.75, 3.05) is 0 Å². The van der Waals surface area contributed by atoms with Gasteiger partial charge in [0.25, 0.3) is 0 Å². The molecule has 0 spiro atoms. The van der Waals surface area contributed by atoms with Gasteiger partial charge in [-0.2, -0.15) is 0 Å². The number of benzene rings is 8. The molecule has 0 aliphatic heterocycles. The zero-order valence-electron chi connectivity index (χ0n) is 27.1. The van der Waals surface area contributed by atoms with Crippen molar-refractivity contribution in [2.45, 2.75) is 0 Å². The van der Waals surface area contributed by atoms with Crippen LogP contribution in [0.3, 0.4) is 0 Å². The van der Waals surface area contributed by atoms with E-state index in [1.165, 1.54) is 68.0 Å². The smallest absolute Gasteiger partial charge is 0.235 e. The first-order valence-electron chi connectivity index (χ1n) is 17.2. The van der Waals surface area contributed by atoms with E-state index in [9.17, 15) is 0 Å². The summed E-state index contributed by atoms with van der Waals surface area (Å²) in [6.45, 7) is 0. The molecule has 0 fully saturated rings. The first-order valence-corrected chi connectivity index (χ1v) is 18.8. The third-order valence-electron chi connectivity index (χ3n) is 10.6. The zero-order chi connectivity index (χ0) is 33.2. The van der Waals surface area contributed by atoms with Crippen LogP contribution in [0.4, 0.5) is 0 Å². The fraction of sp³-hybridized carbons (Fsp3) is 0. The van der Waals surface area contributed by atoms with Gasteiger partial charge in [0.2, 0.25) is 5.95 Å². The average molecular weight is 684 g/mol. The maximum atomic E-state index is 5.60. The fourth-order valence-electron chi connectivity index (χ4n) is 8.36. The van der Waals surface area contributed by atoms with Crippen LogP contribution in [0.2, 0.25) is 0 Å². The third-order valence-corrected chi connectivity index (χ3v) is 12.9. The largest absolute Gasteiger partial charge is 0.277 e. The van der Waals surface area contributed by atoms with Gasteiger partial charge in [0, 0.05) is 52.0 Å². The highest BCUT2D eigenvalue weighted by atomic mass is 32.1. The standard InChI is InChI=1S/C46H25N3S2/c1-2-12-29-26(11-1)21-22-27-25-28(23-24-30(27)29)41-45-42(35-17-7-10-20-38(35)51-45)48-46(47-41)49-36-18-8-5-15-33(36)39-31-13-3-4-14-32(31)44-40(43(39)49)34-16-6-9-19-37(34)50-44/h1-25H. The van der Waals surface area contributed by atoms with Gasteiger partial charge < -0.3 is 0 Å². The number of hydrogen-bond acceptors (Lipinski definition) is 4. The van der Waals surface area contributed by atoms with Crippen LogP contribution in [0, 0.1) is 0 Å². The number of para-hydroxylation sites is 1. The molecule has 12 rings (SSSR count). The van der Waals surface area contributed by atoms with E-state index in [2.05, 4.69) is 156 Å². The summed E-state index contributed by atoms with van der Waals surface area (Å²) in [5.74, 6) is 0.692. The van der Waals surface area contributed by atoms with Gasteiger partial charge in [-0.15, -0.1) is 22.7 Å². The predicted octanol–water partition coefficient (Wildman–Crippen LogP) is 13.4. The number of nitrogens with zero attached hydrogens (tertiary/aromatic N) is 3. The molecule has 0 radical (unpaired) electrons. The van der Waals surface area contributed by atoms with Crippen LogP contribution in [-0.2, 0) is 0 Å². The van der Waals surface area contributed by atoms with Crippen molar-refractivity contribution in [3.05, 3.63) is 152 Å². The van der Waals surface area contributed by atoms with E-state index in [4.69, 9.17) is 9.97 Å². The van der Waals surface area contributed by atoms with Gasteiger partial charge in [0.05, 0.1) is 26.9 Å². The van der Waals surface area contributed by atoms with Crippen LogP contribution in [0.1, 0.15) is 0 Å². The Morgan fingerprint density at radius 2 is 1.06 bits per heavy atom. The van der Waals surface area contributed by atoms with Gasteiger partial charge in [-0.3, -0.25) is 4.57 Å². The first kappa shape index (κ1) is 27.7. The lowest BCUT2D eigenvalue weighted by molar-refractivity contribution is 1.02. The number of rotatable bonds is 2. The van der Waals surface area contributed by atoms with E-state index >= 15 is 0 Å². The maximum absolute atomic E-state index is 5.60. The Morgan fingerprint density at radius 3 is 1.92 bits per heavy atom. The highest BCUT2D eigenvalue weighted by Crippen LogP contribution is 2.48. The van der Waals surface area contributed by atoms with Gasteiger partial charge in [-0.25, -0.2) is 9.97 Å². The summed E-state index contributed by atoms with van der Waals surface area (Å²) < 4.78 is 7.26. The van der Waals surface area contributed by atoms with Crippen molar-refractivity contribution in [1.29, 1.82) is 0 Å². The summed E-state index contributed by atoms with van der Waals surface area (Å²) in [4.78, 5) is 11.1. The van der Waals surface area contributed by atoms with Gasteiger partial charge in [0.1, 0.15) is 0 Å². The van der Waals surface area contributed by atoms with Gasteiger partial charge in [-0.1, -0.05) is 127 Å². The lowest BCUT2D eigenvalue weighted by Gasteiger charge is -2.12. The Labute approximate surface area is 299 Å². The first-order chi connectivity index (χ1) is 25.3. The molecule has 12 aromatic rings. The lowest BCUT2D eigenvalue weighted by atomic mass is 9.99. The maximum Gasteiger partial charge on any atom is 0.235 e. The Balaban J connectivity index is 1.26. The SMILES string of the molecule is c1ccc2c(c1)ccc1cc(-c3nc(-n4c5ccccc5c5c6ccccc6c6sc7ccccc7c6c54)nc4c3sc3ccccc34)ccc12. The third kappa shape index (κ3) is 3.77. The molecule has 0 N–H and O–H groups in total. The summed E-state index contributed by atoms with van der Waals surface area (Å²) in [6, 6.07) is 55.0. The molecule has 236 valence electrons. The zero-order valence-corrected chi connectivity index (χ0v) is 28.7. The number of thiophene rings is 2. The average Bonchev–Trinajstić information content (AvgIpc) is 3.87. The van der Waals surface area contributed by atoms with Crippen LogP contribution in [0.15, 0.2) is 152 Å². The van der Waals surface area contributed by atoms with Crippen molar-refractivity contribution >= 4 is 117 Å². The van der Waals surface area contributed by atoms with Gasteiger partial charge >= 0.3 is 0 Å². The van der Waals surface area contributed by atoms with Gasteiger partial charge in [0.15, 0.2) is 0 Å². The van der Waals surface area contributed by atoms with Crippen molar-refractivity contribution in [3.8, 4) is 17.2 Å². The Hall–Kier alpha value is -6.14. The van der Waals surface area contributed by atoms with E-state index in [1.54, 1.807) is 11.3 Å². The minimum Gasteiger partial charge on any atom is -0.277 e. The molecule has 4 aromatic heterocycles. The minimum absolute atomic E-state index is 0.692. The minimum atomic E-state index is 0.692. The Bertz CT molecular complexity index is 3440. The van der Waals surface area contributed by atoms with Crippen molar-refractivity contribution in [3.63, 3.8) is 0 Å². The Kier molecular flexibility index (Phi) is 5.53. The highest BCUT2D eigenvalue weighted by Gasteiger charge is 2.24. The number of fused-ring (bicyclic) bond motifs is 16. The molecule has 0 saturated heterocycles. The van der Waals surface area contributed by atoms with E-state index in [0.29, 0.717) is 5.95 Å². The second-order valence-corrected chi connectivity index (χ2v) is 15.4. The number of hydrogen-bond donors (Lipinski definition) is 0. The van der Waals surface area contributed by atoms with Crippen LogP contribution < -0.4 is 0 Å². The highest BCUT2D eigenvalue weighted by molar-refractivity contribution is 7.27. The van der Waals surface area contributed by atoms with E-state index in [-0.39, 0.29) is 0 Å². The van der Waals surface area contributed by atoms with Crippen LogP contribution >= 0.6 is 22.7 Å². The molecule has 0 aliphatic rings. The molecule has 3 nitrogen and oxygen atoms in total. The summed E-state index contributed by atoms with van der Waals surface area (Å²) in [5, 5.41) is 13.6. The topological polar surface area (TPSA) is 30.7 Å².